The average Bonchev–Trinajstić information content (AvgIpc) is 2.09. The lowest BCUT2D eigenvalue weighted by Crippen LogP contribution is -1.98. The summed E-state index contributed by atoms with van der Waals surface area (Å²) in [5, 5.41) is 8.43. The molecule has 0 unspecified atom stereocenters. The fourth-order valence-corrected chi connectivity index (χ4v) is 2.13. The summed E-state index contributed by atoms with van der Waals surface area (Å²) in [7, 11) is 0. The minimum absolute atomic E-state index is 0.00752. The molecule has 0 spiro atoms. The van der Waals surface area contributed by atoms with E-state index in [1.54, 1.807) is 0 Å². The van der Waals surface area contributed by atoms with Gasteiger partial charge in [-0.2, -0.15) is 5.26 Å². The predicted molar refractivity (Wildman–Crippen MR) is 53.9 cm³/mol. The molecule has 0 N–H and O–H groups in total. The van der Waals surface area contributed by atoms with Gasteiger partial charge in [0.05, 0.1) is 18.2 Å². The molecule has 0 saturated carbocycles. The molecule has 0 aliphatic carbocycles. The van der Waals surface area contributed by atoms with Crippen molar-refractivity contribution in [2.75, 3.05) is 0 Å². The number of nitrogens with zero attached hydrogens (tertiary/aromatic N) is 2. The van der Waals surface area contributed by atoms with E-state index in [0.717, 1.165) is 0 Å². The van der Waals surface area contributed by atoms with E-state index in [0.29, 0.717) is 10.2 Å². The number of nitriles is 1. The molecule has 1 rings (SSSR count). The second-order valence-electron chi connectivity index (χ2n) is 2.42. The van der Waals surface area contributed by atoms with Gasteiger partial charge in [0.25, 0.3) is 6.43 Å². The topological polar surface area (TPSA) is 36.7 Å². The van der Waals surface area contributed by atoms with Crippen LogP contribution in [0.4, 0.5) is 8.78 Å². The van der Waals surface area contributed by atoms with Crippen LogP contribution in [0.2, 0.25) is 0 Å². The Morgan fingerprint density at radius 3 is 2.57 bits per heavy atom. The van der Waals surface area contributed by atoms with E-state index >= 15 is 0 Å². The van der Waals surface area contributed by atoms with E-state index in [1.165, 1.54) is 6.07 Å². The summed E-state index contributed by atoms with van der Waals surface area (Å²) in [6.45, 7) is 0. The van der Waals surface area contributed by atoms with Gasteiger partial charge in [0.1, 0.15) is 5.69 Å². The van der Waals surface area contributed by atoms with Crippen LogP contribution in [0.5, 0.6) is 0 Å². The first-order valence-corrected chi connectivity index (χ1v) is 5.14. The monoisotopic (exact) mass is 324 g/mol. The van der Waals surface area contributed by atoms with Crippen LogP contribution in [-0.4, -0.2) is 4.98 Å². The maximum atomic E-state index is 12.4. The zero-order chi connectivity index (χ0) is 10.7. The molecule has 0 fully saturated rings. The Morgan fingerprint density at radius 1 is 1.43 bits per heavy atom. The van der Waals surface area contributed by atoms with Gasteiger partial charge in [-0.05, 0) is 37.9 Å². The third-order valence-corrected chi connectivity index (χ3v) is 2.80. The fourth-order valence-electron chi connectivity index (χ4n) is 0.873. The number of halogens is 4. The number of pyridine rings is 1. The first-order chi connectivity index (χ1) is 6.56. The maximum Gasteiger partial charge on any atom is 0.281 e. The van der Waals surface area contributed by atoms with Crippen molar-refractivity contribution < 1.29 is 8.78 Å². The lowest BCUT2D eigenvalue weighted by molar-refractivity contribution is 0.145. The number of rotatable bonds is 2. The van der Waals surface area contributed by atoms with Gasteiger partial charge >= 0.3 is 0 Å². The first-order valence-electron chi connectivity index (χ1n) is 3.56. The molecule has 0 bridgehead atoms. The van der Waals surface area contributed by atoms with E-state index < -0.39 is 6.43 Å². The zero-order valence-corrected chi connectivity index (χ0v) is 9.94. The fraction of sp³-hybridized carbons (Fsp3) is 0.250. The molecule has 0 aliphatic rings. The minimum atomic E-state index is -2.64. The third-order valence-electron chi connectivity index (χ3n) is 1.48. The number of hydrogen-bond acceptors (Lipinski definition) is 2. The normalized spacial score (nSPS) is 10.3. The summed E-state index contributed by atoms with van der Waals surface area (Å²) in [6, 6.07) is 3.33. The second-order valence-corrected chi connectivity index (χ2v) is 4.13. The van der Waals surface area contributed by atoms with Crippen LogP contribution < -0.4 is 0 Å². The van der Waals surface area contributed by atoms with Crippen molar-refractivity contribution in [3.05, 3.63) is 26.4 Å². The quantitative estimate of drug-likeness (QED) is 0.832. The highest BCUT2D eigenvalue weighted by Crippen LogP contribution is 2.29. The number of hydrogen-bond donors (Lipinski definition) is 0. The lowest BCUT2D eigenvalue weighted by atomic mass is 10.2. The van der Waals surface area contributed by atoms with E-state index in [4.69, 9.17) is 5.26 Å². The van der Waals surface area contributed by atoms with Gasteiger partial charge in [0.2, 0.25) is 0 Å². The molecular weight excluding hydrogens is 322 g/mol. The highest BCUT2D eigenvalue weighted by molar-refractivity contribution is 9.11. The van der Waals surface area contributed by atoms with Crippen LogP contribution in [-0.2, 0) is 6.42 Å². The summed E-state index contributed by atoms with van der Waals surface area (Å²) in [5.74, 6) is 0. The van der Waals surface area contributed by atoms with Crippen LogP contribution in [0.25, 0.3) is 0 Å². The number of alkyl halides is 2. The molecule has 0 amide bonds. The van der Waals surface area contributed by atoms with E-state index in [2.05, 4.69) is 36.8 Å². The Hall–Kier alpha value is -0.540. The maximum absolute atomic E-state index is 12.4. The molecule has 0 saturated heterocycles. The van der Waals surface area contributed by atoms with Gasteiger partial charge in [-0.25, -0.2) is 13.8 Å². The van der Waals surface area contributed by atoms with Crippen LogP contribution in [0, 0.1) is 11.3 Å². The summed E-state index contributed by atoms with van der Waals surface area (Å²) >= 11 is 6.12. The summed E-state index contributed by atoms with van der Waals surface area (Å²) in [5.41, 5.74) is -0.00977. The SMILES string of the molecule is N#CCc1nc(C(F)F)c(Br)cc1Br. The van der Waals surface area contributed by atoms with Gasteiger partial charge in [0.15, 0.2) is 0 Å². The van der Waals surface area contributed by atoms with Gasteiger partial charge < -0.3 is 0 Å². The molecular formula is C8H4Br2F2N2. The summed E-state index contributed by atoms with van der Waals surface area (Å²) in [6.07, 6.45) is -2.64. The van der Waals surface area contributed by atoms with Gasteiger partial charge in [-0.15, -0.1) is 0 Å². The van der Waals surface area contributed by atoms with Crippen LogP contribution in [0.15, 0.2) is 15.0 Å². The van der Waals surface area contributed by atoms with Crippen LogP contribution in [0.1, 0.15) is 17.8 Å². The van der Waals surface area contributed by atoms with Crippen molar-refractivity contribution in [2.45, 2.75) is 12.8 Å². The van der Waals surface area contributed by atoms with Gasteiger partial charge in [0, 0.05) is 8.95 Å². The zero-order valence-electron chi connectivity index (χ0n) is 6.77. The molecule has 14 heavy (non-hydrogen) atoms. The van der Waals surface area contributed by atoms with Gasteiger partial charge in [-0.1, -0.05) is 0 Å². The Morgan fingerprint density at radius 2 is 2.07 bits per heavy atom. The standard InChI is InChI=1S/C8H4Br2F2N2/c9-4-3-5(10)7(8(11)12)14-6(4)1-2-13/h3,8H,1H2. The van der Waals surface area contributed by atoms with Crippen molar-refractivity contribution in [3.8, 4) is 6.07 Å². The highest BCUT2D eigenvalue weighted by atomic mass is 79.9. The number of aromatic nitrogens is 1. The van der Waals surface area contributed by atoms with Crippen LogP contribution in [0.3, 0.4) is 0 Å². The molecule has 0 aliphatic heterocycles. The Bertz CT molecular complexity index is 388. The molecule has 1 aromatic heterocycles. The van der Waals surface area contributed by atoms with E-state index in [1.807, 2.05) is 6.07 Å². The smallest absolute Gasteiger partial charge is 0.248 e. The Kier molecular flexibility index (Phi) is 3.96. The van der Waals surface area contributed by atoms with E-state index in [-0.39, 0.29) is 16.6 Å². The second kappa shape index (κ2) is 4.80. The van der Waals surface area contributed by atoms with Crippen molar-refractivity contribution >= 4 is 31.9 Å². The molecule has 2 nitrogen and oxygen atoms in total. The predicted octanol–water partition coefficient (Wildman–Crippen LogP) is 3.61. The van der Waals surface area contributed by atoms with Crippen molar-refractivity contribution in [1.82, 2.24) is 4.98 Å². The molecule has 0 atom stereocenters. The van der Waals surface area contributed by atoms with Crippen molar-refractivity contribution in [1.29, 1.82) is 5.26 Å². The van der Waals surface area contributed by atoms with Crippen molar-refractivity contribution in [3.63, 3.8) is 0 Å². The lowest BCUT2D eigenvalue weighted by Gasteiger charge is -2.06. The Balaban J connectivity index is 3.21. The largest absolute Gasteiger partial charge is 0.281 e. The average molecular weight is 326 g/mol. The molecule has 0 radical (unpaired) electrons. The molecule has 1 aromatic rings. The molecule has 6 heteroatoms. The highest BCUT2D eigenvalue weighted by Gasteiger charge is 2.16. The first kappa shape index (κ1) is 11.5. The molecule has 0 aromatic carbocycles. The van der Waals surface area contributed by atoms with Crippen LogP contribution >= 0.6 is 31.9 Å². The van der Waals surface area contributed by atoms with Crippen molar-refractivity contribution in [2.24, 2.45) is 0 Å². The summed E-state index contributed by atoms with van der Waals surface area (Å²) in [4.78, 5) is 3.69. The van der Waals surface area contributed by atoms with E-state index in [9.17, 15) is 8.78 Å². The third kappa shape index (κ3) is 2.49. The molecule has 74 valence electrons. The minimum Gasteiger partial charge on any atom is -0.248 e. The molecule has 1 heterocycles. The Labute approximate surface area is 96.2 Å². The summed E-state index contributed by atoms with van der Waals surface area (Å²) < 4.78 is 25.6. The van der Waals surface area contributed by atoms with Gasteiger partial charge in [-0.3, -0.25) is 0 Å².